The molecule has 0 atom stereocenters. The molecule has 0 saturated heterocycles. The summed E-state index contributed by atoms with van der Waals surface area (Å²) in [7, 11) is 0. The third-order valence-corrected chi connectivity index (χ3v) is 3.83. The fraction of sp³-hybridized carbons (Fsp3) is 0.417. The van der Waals surface area contributed by atoms with Crippen LogP contribution in [0, 0.1) is 0 Å². The average molecular weight is 285 g/mol. The van der Waals surface area contributed by atoms with Crippen LogP contribution >= 0.6 is 15.9 Å². The number of aromatic hydroxyl groups is 1. The Kier molecular flexibility index (Phi) is 2.93. The van der Waals surface area contributed by atoms with Crippen molar-refractivity contribution in [2.75, 3.05) is 0 Å². The lowest BCUT2D eigenvalue weighted by molar-refractivity contribution is -0.143. The number of aliphatic carboxylic acids is 1. The topological polar surface area (TPSA) is 57.5 Å². The summed E-state index contributed by atoms with van der Waals surface area (Å²) in [5, 5.41) is 19.2. The van der Waals surface area contributed by atoms with Gasteiger partial charge in [0.2, 0.25) is 0 Å². The molecule has 1 aromatic rings. The van der Waals surface area contributed by atoms with Crippen molar-refractivity contribution in [2.24, 2.45) is 0 Å². The van der Waals surface area contributed by atoms with Crippen molar-refractivity contribution >= 4 is 21.9 Å². The van der Waals surface area contributed by atoms with E-state index in [9.17, 15) is 15.0 Å². The zero-order valence-electron chi connectivity index (χ0n) is 8.74. The van der Waals surface area contributed by atoms with Gasteiger partial charge in [0.1, 0.15) is 5.75 Å². The summed E-state index contributed by atoms with van der Waals surface area (Å²) in [6.45, 7) is 0. The molecule has 2 N–H and O–H groups in total. The summed E-state index contributed by atoms with van der Waals surface area (Å²) in [5.41, 5.74) is -0.361. The van der Waals surface area contributed by atoms with Gasteiger partial charge in [-0.15, -0.1) is 0 Å². The van der Waals surface area contributed by atoms with E-state index in [2.05, 4.69) is 15.9 Å². The Hall–Kier alpha value is -1.03. The Labute approximate surface area is 102 Å². The van der Waals surface area contributed by atoms with Gasteiger partial charge < -0.3 is 10.2 Å². The fourth-order valence-electron chi connectivity index (χ4n) is 2.47. The van der Waals surface area contributed by atoms with E-state index in [0.717, 1.165) is 17.3 Å². The predicted octanol–water partition coefficient (Wildman–Crippen LogP) is 3.05. The maximum Gasteiger partial charge on any atom is 0.314 e. The Bertz CT molecular complexity index is 422. The molecule has 0 unspecified atom stereocenters. The van der Waals surface area contributed by atoms with Crippen molar-refractivity contribution in [3.8, 4) is 5.75 Å². The van der Waals surface area contributed by atoms with E-state index in [-0.39, 0.29) is 5.75 Å². The monoisotopic (exact) mass is 284 g/mol. The number of carbonyl (C=O) groups is 1. The van der Waals surface area contributed by atoms with Crippen molar-refractivity contribution in [2.45, 2.75) is 31.1 Å². The summed E-state index contributed by atoms with van der Waals surface area (Å²) in [6, 6.07) is 4.97. The Balaban J connectivity index is 2.55. The van der Waals surface area contributed by atoms with Gasteiger partial charge in [-0.25, -0.2) is 0 Å². The minimum atomic E-state index is -0.895. The molecule has 0 spiro atoms. The van der Waals surface area contributed by atoms with Gasteiger partial charge in [0, 0.05) is 10.0 Å². The molecule has 3 nitrogen and oxygen atoms in total. The number of hydrogen-bond acceptors (Lipinski definition) is 2. The number of carboxylic acid groups (broad SMARTS) is 1. The summed E-state index contributed by atoms with van der Waals surface area (Å²) in [4.78, 5) is 11.5. The molecule has 1 aliphatic carbocycles. The van der Waals surface area contributed by atoms with Gasteiger partial charge in [-0.1, -0.05) is 28.8 Å². The summed E-state index contributed by atoms with van der Waals surface area (Å²) >= 11 is 3.31. The molecule has 1 aromatic carbocycles. The second kappa shape index (κ2) is 4.09. The number of rotatable bonds is 2. The van der Waals surface area contributed by atoms with Crippen molar-refractivity contribution < 1.29 is 15.0 Å². The van der Waals surface area contributed by atoms with Gasteiger partial charge in [-0.3, -0.25) is 4.79 Å². The first kappa shape index (κ1) is 11.5. The van der Waals surface area contributed by atoms with Crippen LogP contribution in [0.25, 0.3) is 0 Å². The molecule has 0 aromatic heterocycles. The zero-order chi connectivity index (χ0) is 11.8. The standard InChI is InChI=1S/C12H13BrO3/c13-8-3-4-10(14)9(7-8)12(11(15)16)5-1-2-6-12/h3-4,7,14H,1-2,5-6H2,(H,15,16). The lowest BCUT2D eigenvalue weighted by Crippen LogP contribution is -2.32. The van der Waals surface area contributed by atoms with Crippen LogP contribution in [0.2, 0.25) is 0 Å². The number of benzene rings is 1. The highest BCUT2D eigenvalue weighted by molar-refractivity contribution is 9.10. The normalized spacial score (nSPS) is 18.6. The van der Waals surface area contributed by atoms with E-state index in [1.165, 1.54) is 0 Å². The first-order valence-electron chi connectivity index (χ1n) is 5.29. The smallest absolute Gasteiger partial charge is 0.314 e. The lowest BCUT2D eigenvalue weighted by atomic mass is 9.78. The minimum absolute atomic E-state index is 0.0764. The van der Waals surface area contributed by atoms with Gasteiger partial charge in [0.25, 0.3) is 0 Å². The van der Waals surface area contributed by atoms with Gasteiger partial charge in [-0.05, 0) is 31.0 Å². The third-order valence-electron chi connectivity index (χ3n) is 3.34. The van der Waals surface area contributed by atoms with Crippen LogP contribution in [-0.2, 0) is 10.2 Å². The molecular formula is C12H13BrO3. The van der Waals surface area contributed by atoms with E-state index >= 15 is 0 Å². The Morgan fingerprint density at radius 1 is 1.31 bits per heavy atom. The van der Waals surface area contributed by atoms with Crippen molar-refractivity contribution in [3.63, 3.8) is 0 Å². The highest BCUT2D eigenvalue weighted by Crippen LogP contribution is 2.45. The van der Waals surface area contributed by atoms with E-state index in [4.69, 9.17) is 0 Å². The molecule has 4 heteroatoms. The molecule has 0 radical (unpaired) electrons. The van der Waals surface area contributed by atoms with Gasteiger partial charge >= 0.3 is 5.97 Å². The number of halogens is 1. The lowest BCUT2D eigenvalue weighted by Gasteiger charge is -2.25. The first-order valence-corrected chi connectivity index (χ1v) is 6.08. The molecular weight excluding hydrogens is 272 g/mol. The second-order valence-corrected chi connectivity index (χ2v) is 5.17. The molecule has 2 rings (SSSR count). The van der Waals surface area contributed by atoms with Crippen molar-refractivity contribution in [1.82, 2.24) is 0 Å². The average Bonchev–Trinajstić information content (AvgIpc) is 2.71. The van der Waals surface area contributed by atoms with E-state index in [1.807, 2.05) is 0 Å². The highest BCUT2D eigenvalue weighted by Gasteiger charge is 2.44. The number of carboxylic acids is 1. The van der Waals surface area contributed by atoms with Crippen LogP contribution in [0.1, 0.15) is 31.2 Å². The predicted molar refractivity (Wildman–Crippen MR) is 63.6 cm³/mol. The number of hydrogen-bond donors (Lipinski definition) is 2. The SMILES string of the molecule is O=C(O)C1(c2cc(Br)ccc2O)CCCC1. The van der Waals surface area contributed by atoms with Crippen LogP contribution < -0.4 is 0 Å². The fourth-order valence-corrected chi connectivity index (χ4v) is 2.83. The summed E-state index contributed by atoms with van der Waals surface area (Å²) in [5.74, 6) is -0.758. The maximum absolute atomic E-state index is 11.5. The molecule has 0 heterocycles. The molecule has 86 valence electrons. The largest absolute Gasteiger partial charge is 0.508 e. The second-order valence-electron chi connectivity index (χ2n) is 4.26. The molecule has 1 fully saturated rings. The summed E-state index contributed by atoms with van der Waals surface area (Å²) < 4.78 is 0.799. The molecule has 0 bridgehead atoms. The van der Waals surface area contributed by atoms with E-state index in [1.54, 1.807) is 18.2 Å². The Morgan fingerprint density at radius 3 is 2.50 bits per heavy atom. The first-order chi connectivity index (χ1) is 7.56. The minimum Gasteiger partial charge on any atom is -0.508 e. The van der Waals surface area contributed by atoms with Gasteiger partial charge in [0.15, 0.2) is 0 Å². The summed E-state index contributed by atoms with van der Waals surface area (Å²) in [6.07, 6.45) is 3.01. The van der Waals surface area contributed by atoms with Crippen LogP contribution in [0.5, 0.6) is 5.75 Å². The molecule has 0 amide bonds. The molecule has 0 aliphatic heterocycles. The Morgan fingerprint density at radius 2 is 1.94 bits per heavy atom. The van der Waals surface area contributed by atoms with Crippen LogP contribution in [0.15, 0.2) is 22.7 Å². The van der Waals surface area contributed by atoms with Crippen LogP contribution in [0.4, 0.5) is 0 Å². The van der Waals surface area contributed by atoms with Crippen molar-refractivity contribution in [1.29, 1.82) is 0 Å². The maximum atomic E-state index is 11.5. The van der Waals surface area contributed by atoms with E-state index < -0.39 is 11.4 Å². The molecule has 1 saturated carbocycles. The molecule has 16 heavy (non-hydrogen) atoms. The zero-order valence-corrected chi connectivity index (χ0v) is 10.3. The van der Waals surface area contributed by atoms with Crippen LogP contribution in [0.3, 0.4) is 0 Å². The van der Waals surface area contributed by atoms with E-state index in [0.29, 0.717) is 18.4 Å². The third kappa shape index (κ3) is 1.71. The van der Waals surface area contributed by atoms with Gasteiger partial charge in [-0.2, -0.15) is 0 Å². The van der Waals surface area contributed by atoms with Gasteiger partial charge in [0.05, 0.1) is 5.41 Å². The van der Waals surface area contributed by atoms with Crippen LogP contribution in [-0.4, -0.2) is 16.2 Å². The number of phenolic OH excluding ortho intramolecular Hbond substituents is 1. The number of phenols is 1. The quantitative estimate of drug-likeness (QED) is 0.878. The highest BCUT2D eigenvalue weighted by atomic mass is 79.9. The van der Waals surface area contributed by atoms with Crippen molar-refractivity contribution in [3.05, 3.63) is 28.2 Å². The molecule has 1 aliphatic rings.